The molecule has 0 aliphatic carbocycles. The average Bonchev–Trinajstić information content (AvgIpc) is 2.94. The molecule has 6 nitrogen and oxygen atoms in total. The van der Waals surface area contributed by atoms with E-state index in [1.807, 2.05) is 0 Å². The van der Waals surface area contributed by atoms with E-state index in [1.54, 1.807) is 31.4 Å². The Bertz CT molecular complexity index is 640. The Morgan fingerprint density at radius 3 is 2.29 bits per heavy atom. The van der Waals surface area contributed by atoms with Crippen molar-refractivity contribution in [1.29, 1.82) is 0 Å². The highest BCUT2D eigenvalue weighted by Gasteiger charge is 2.25. The number of methoxy groups -OCH3 is 1. The van der Waals surface area contributed by atoms with Crippen molar-refractivity contribution >= 4 is 11.9 Å². The van der Waals surface area contributed by atoms with E-state index in [0.717, 1.165) is 5.56 Å². The van der Waals surface area contributed by atoms with Crippen molar-refractivity contribution in [2.45, 2.75) is 12.3 Å². The highest BCUT2D eigenvalue weighted by molar-refractivity contribution is 5.84. The summed E-state index contributed by atoms with van der Waals surface area (Å²) in [6, 6.07) is 9.62. The number of carboxylic acid groups (broad SMARTS) is 2. The normalized spacial score (nSPS) is 11.9. The third-order valence-electron chi connectivity index (χ3n) is 3.08. The van der Waals surface area contributed by atoms with Crippen LogP contribution >= 0.6 is 0 Å². The summed E-state index contributed by atoms with van der Waals surface area (Å²) in [4.78, 5) is 22.2. The maximum atomic E-state index is 11.4. The lowest BCUT2D eigenvalue weighted by Crippen LogP contribution is -2.13. The molecule has 0 amide bonds. The fourth-order valence-corrected chi connectivity index (χ4v) is 1.96. The minimum atomic E-state index is -1.23. The second-order valence-corrected chi connectivity index (χ2v) is 4.45. The first-order valence-corrected chi connectivity index (χ1v) is 6.20. The molecular weight excluding hydrogens is 276 g/mol. The molecule has 0 fully saturated rings. The van der Waals surface area contributed by atoms with Crippen LogP contribution in [0.15, 0.2) is 40.8 Å². The van der Waals surface area contributed by atoms with Crippen molar-refractivity contribution in [3.63, 3.8) is 0 Å². The van der Waals surface area contributed by atoms with E-state index in [9.17, 15) is 14.7 Å². The number of rotatable bonds is 6. The Labute approximate surface area is 120 Å². The smallest absolute Gasteiger partial charge is 0.371 e. The Morgan fingerprint density at radius 1 is 1.14 bits per heavy atom. The summed E-state index contributed by atoms with van der Waals surface area (Å²) in [6.45, 7) is 0. The van der Waals surface area contributed by atoms with Gasteiger partial charge < -0.3 is 19.4 Å². The summed E-state index contributed by atoms with van der Waals surface area (Å²) in [5.74, 6) is -2.71. The van der Waals surface area contributed by atoms with E-state index in [2.05, 4.69) is 0 Å². The van der Waals surface area contributed by atoms with E-state index in [1.165, 1.54) is 12.1 Å². The molecule has 110 valence electrons. The molecule has 0 bridgehead atoms. The molecule has 6 heteroatoms. The standard InChI is InChI=1S/C15H14O6/c1-20-10-4-2-9(3-5-10)8-11(14(16)17)12-6-7-13(21-12)15(18)19/h2-7,11H,8H2,1H3,(H,16,17)(H,18,19). The van der Waals surface area contributed by atoms with E-state index < -0.39 is 17.9 Å². The number of carbonyl (C=O) groups is 2. The van der Waals surface area contributed by atoms with Gasteiger partial charge in [-0.25, -0.2) is 4.79 Å². The van der Waals surface area contributed by atoms with Crippen LogP contribution in [0.5, 0.6) is 5.75 Å². The van der Waals surface area contributed by atoms with Gasteiger partial charge in [0.2, 0.25) is 5.76 Å². The molecular formula is C15H14O6. The van der Waals surface area contributed by atoms with Gasteiger partial charge in [0.05, 0.1) is 7.11 Å². The van der Waals surface area contributed by atoms with Gasteiger partial charge in [0.1, 0.15) is 17.4 Å². The first-order valence-electron chi connectivity index (χ1n) is 6.20. The molecule has 0 aliphatic rings. The third-order valence-corrected chi connectivity index (χ3v) is 3.08. The minimum absolute atomic E-state index is 0.121. The Balaban J connectivity index is 2.21. The number of ether oxygens (including phenoxy) is 1. The Hall–Kier alpha value is -2.76. The second kappa shape index (κ2) is 6.13. The van der Waals surface area contributed by atoms with Crippen molar-refractivity contribution in [2.75, 3.05) is 7.11 Å². The average molecular weight is 290 g/mol. The van der Waals surface area contributed by atoms with Gasteiger partial charge in [-0.2, -0.15) is 0 Å². The molecule has 1 unspecified atom stereocenters. The Kier molecular flexibility index (Phi) is 4.27. The van der Waals surface area contributed by atoms with Crippen LogP contribution in [0.1, 0.15) is 27.8 Å². The highest BCUT2D eigenvalue weighted by Crippen LogP contribution is 2.24. The van der Waals surface area contributed by atoms with Crippen LogP contribution in [0, 0.1) is 0 Å². The lowest BCUT2D eigenvalue weighted by molar-refractivity contribution is -0.139. The summed E-state index contributed by atoms with van der Waals surface area (Å²) in [7, 11) is 1.55. The number of hydrogen-bond donors (Lipinski definition) is 2. The molecule has 0 spiro atoms. The highest BCUT2D eigenvalue weighted by atomic mass is 16.5. The van der Waals surface area contributed by atoms with Gasteiger partial charge in [0, 0.05) is 0 Å². The zero-order chi connectivity index (χ0) is 15.4. The van der Waals surface area contributed by atoms with Crippen molar-refractivity contribution in [2.24, 2.45) is 0 Å². The lowest BCUT2D eigenvalue weighted by atomic mass is 9.97. The fraction of sp³-hybridized carbons (Fsp3) is 0.200. The molecule has 0 aliphatic heterocycles. The van der Waals surface area contributed by atoms with Crippen LogP contribution in [-0.4, -0.2) is 29.3 Å². The summed E-state index contributed by atoms with van der Waals surface area (Å²) >= 11 is 0. The summed E-state index contributed by atoms with van der Waals surface area (Å²) < 4.78 is 10.1. The number of carboxylic acids is 2. The van der Waals surface area contributed by atoms with Gasteiger partial charge in [-0.05, 0) is 36.2 Å². The van der Waals surface area contributed by atoms with Gasteiger partial charge >= 0.3 is 11.9 Å². The van der Waals surface area contributed by atoms with Crippen LogP contribution in [-0.2, 0) is 11.2 Å². The van der Waals surface area contributed by atoms with E-state index in [4.69, 9.17) is 14.3 Å². The monoisotopic (exact) mass is 290 g/mol. The van der Waals surface area contributed by atoms with Crippen LogP contribution < -0.4 is 4.74 Å². The van der Waals surface area contributed by atoms with E-state index in [0.29, 0.717) is 5.75 Å². The first-order chi connectivity index (χ1) is 10.0. The van der Waals surface area contributed by atoms with Crippen LogP contribution in [0.25, 0.3) is 0 Å². The van der Waals surface area contributed by atoms with E-state index in [-0.39, 0.29) is 17.9 Å². The van der Waals surface area contributed by atoms with E-state index >= 15 is 0 Å². The number of benzene rings is 1. The molecule has 1 heterocycles. The molecule has 2 aromatic rings. The number of furan rings is 1. The fourth-order valence-electron chi connectivity index (χ4n) is 1.96. The summed E-state index contributed by atoms with van der Waals surface area (Å²) in [5.41, 5.74) is 0.788. The third kappa shape index (κ3) is 3.42. The largest absolute Gasteiger partial charge is 0.497 e. The topological polar surface area (TPSA) is 97.0 Å². The van der Waals surface area contributed by atoms with Gasteiger partial charge in [-0.1, -0.05) is 12.1 Å². The van der Waals surface area contributed by atoms with Crippen LogP contribution in [0.2, 0.25) is 0 Å². The number of aromatic carboxylic acids is 1. The SMILES string of the molecule is COc1ccc(CC(C(=O)O)c2ccc(C(=O)O)o2)cc1. The Morgan fingerprint density at radius 2 is 1.81 bits per heavy atom. The molecule has 0 radical (unpaired) electrons. The summed E-state index contributed by atoms with van der Waals surface area (Å²) in [5, 5.41) is 18.1. The van der Waals surface area contributed by atoms with Crippen molar-refractivity contribution in [3.8, 4) is 5.75 Å². The molecule has 0 saturated carbocycles. The quantitative estimate of drug-likeness (QED) is 0.847. The van der Waals surface area contributed by atoms with Gasteiger partial charge in [0.15, 0.2) is 0 Å². The lowest BCUT2D eigenvalue weighted by Gasteiger charge is -2.10. The molecule has 2 rings (SSSR count). The van der Waals surface area contributed by atoms with Gasteiger partial charge in [0.25, 0.3) is 0 Å². The molecule has 2 N–H and O–H groups in total. The number of aliphatic carboxylic acids is 1. The van der Waals surface area contributed by atoms with Crippen molar-refractivity contribution in [1.82, 2.24) is 0 Å². The first kappa shape index (κ1) is 14.6. The molecule has 1 aromatic carbocycles. The van der Waals surface area contributed by atoms with Gasteiger partial charge in [-0.3, -0.25) is 4.79 Å². The summed E-state index contributed by atoms with van der Waals surface area (Å²) in [6.07, 6.45) is 0.200. The molecule has 1 aromatic heterocycles. The zero-order valence-corrected chi connectivity index (χ0v) is 11.3. The zero-order valence-electron chi connectivity index (χ0n) is 11.3. The predicted octanol–water partition coefficient (Wildman–Crippen LogP) is 2.40. The number of hydrogen-bond acceptors (Lipinski definition) is 4. The predicted molar refractivity (Wildman–Crippen MR) is 72.7 cm³/mol. The molecule has 1 atom stereocenters. The van der Waals surface area contributed by atoms with Crippen molar-refractivity contribution < 1.29 is 29.0 Å². The van der Waals surface area contributed by atoms with Crippen LogP contribution in [0.4, 0.5) is 0 Å². The maximum absolute atomic E-state index is 11.4. The second-order valence-electron chi connectivity index (χ2n) is 4.45. The molecule has 0 saturated heterocycles. The van der Waals surface area contributed by atoms with Crippen molar-refractivity contribution in [3.05, 3.63) is 53.5 Å². The maximum Gasteiger partial charge on any atom is 0.371 e. The van der Waals surface area contributed by atoms with Gasteiger partial charge in [-0.15, -0.1) is 0 Å². The van der Waals surface area contributed by atoms with Crippen LogP contribution in [0.3, 0.4) is 0 Å². The molecule has 21 heavy (non-hydrogen) atoms. The minimum Gasteiger partial charge on any atom is -0.497 e.